The van der Waals surface area contributed by atoms with Crippen LogP contribution in [0.25, 0.3) is 0 Å². The average molecular weight is 209 g/mol. The first-order valence-electron chi connectivity index (χ1n) is 3.77. The van der Waals surface area contributed by atoms with E-state index in [1.165, 1.54) is 17.5 Å². The summed E-state index contributed by atoms with van der Waals surface area (Å²) in [6, 6.07) is 0. The monoisotopic (exact) mass is 209 g/mol. The molecule has 0 atom stereocenters. The molecule has 2 rings (SSSR count). The van der Waals surface area contributed by atoms with E-state index in [1.807, 2.05) is 5.38 Å². The smallest absolute Gasteiger partial charge is 0.275 e. The van der Waals surface area contributed by atoms with Crippen molar-refractivity contribution < 1.29 is 0 Å². The zero-order chi connectivity index (χ0) is 9.97. The Morgan fingerprint density at radius 3 is 3.00 bits per heavy atom. The topological polar surface area (TPSA) is 96.7 Å². The molecule has 4 N–H and O–H groups in total. The van der Waals surface area contributed by atoms with Crippen LogP contribution < -0.4 is 16.6 Å². The molecular formula is C7H7N5OS. The van der Waals surface area contributed by atoms with Gasteiger partial charge < -0.3 is 11.1 Å². The lowest BCUT2D eigenvalue weighted by Gasteiger charge is -2.00. The summed E-state index contributed by atoms with van der Waals surface area (Å²) in [4.78, 5) is 21.4. The molecule has 0 saturated heterocycles. The molecule has 2 heterocycles. The number of aromatic nitrogens is 3. The van der Waals surface area contributed by atoms with Gasteiger partial charge in [0.1, 0.15) is 5.69 Å². The number of anilines is 3. The Morgan fingerprint density at radius 1 is 1.50 bits per heavy atom. The van der Waals surface area contributed by atoms with Crippen molar-refractivity contribution in [1.29, 1.82) is 0 Å². The minimum absolute atomic E-state index is 0.0923. The lowest BCUT2D eigenvalue weighted by Crippen LogP contribution is -2.14. The number of hydrogen-bond donors (Lipinski definition) is 3. The molecular weight excluding hydrogens is 202 g/mol. The first kappa shape index (κ1) is 8.70. The molecule has 14 heavy (non-hydrogen) atoms. The van der Waals surface area contributed by atoms with Gasteiger partial charge in [-0.15, -0.1) is 11.3 Å². The van der Waals surface area contributed by atoms with Crippen LogP contribution in [0.3, 0.4) is 0 Å². The van der Waals surface area contributed by atoms with Crippen molar-refractivity contribution in [3.05, 3.63) is 28.1 Å². The molecule has 0 saturated carbocycles. The number of nitrogens with zero attached hydrogens (tertiary/aromatic N) is 2. The van der Waals surface area contributed by atoms with Gasteiger partial charge in [0.2, 0.25) is 5.95 Å². The largest absolute Gasteiger partial charge is 0.393 e. The Balaban J connectivity index is 2.26. The normalized spacial score (nSPS) is 10.0. The van der Waals surface area contributed by atoms with Gasteiger partial charge in [0.05, 0.1) is 6.20 Å². The maximum absolute atomic E-state index is 11.1. The summed E-state index contributed by atoms with van der Waals surface area (Å²) in [6.45, 7) is 0. The Hall–Kier alpha value is -1.89. The van der Waals surface area contributed by atoms with E-state index < -0.39 is 0 Å². The standard InChI is InChI=1S/C7H7N5OS/c8-4-3-10-6(11-5(4)13)12-7-9-1-2-14-7/h1-3H,8H2,(H2,9,10,11,12,13). The van der Waals surface area contributed by atoms with Gasteiger partial charge in [-0.1, -0.05) is 0 Å². The summed E-state index contributed by atoms with van der Waals surface area (Å²) >= 11 is 1.41. The van der Waals surface area contributed by atoms with E-state index in [0.29, 0.717) is 11.1 Å². The van der Waals surface area contributed by atoms with Gasteiger partial charge in [-0.05, 0) is 0 Å². The highest BCUT2D eigenvalue weighted by atomic mass is 32.1. The number of hydrogen-bond acceptors (Lipinski definition) is 6. The van der Waals surface area contributed by atoms with Crippen molar-refractivity contribution in [2.24, 2.45) is 0 Å². The summed E-state index contributed by atoms with van der Waals surface area (Å²) in [5.74, 6) is 0.333. The van der Waals surface area contributed by atoms with Crippen LogP contribution in [0.5, 0.6) is 0 Å². The number of nitrogen functional groups attached to an aromatic ring is 1. The maximum atomic E-state index is 11.1. The molecule has 2 aromatic rings. The van der Waals surface area contributed by atoms with Crippen LogP contribution in [-0.4, -0.2) is 15.0 Å². The predicted octanol–water partition coefficient (Wildman–Crippen LogP) is 0.552. The van der Waals surface area contributed by atoms with Crippen molar-refractivity contribution in [3.8, 4) is 0 Å². The molecule has 0 amide bonds. The lowest BCUT2D eigenvalue weighted by molar-refractivity contribution is 1.12. The van der Waals surface area contributed by atoms with Crippen molar-refractivity contribution in [1.82, 2.24) is 15.0 Å². The van der Waals surface area contributed by atoms with Crippen LogP contribution in [0, 0.1) is 0 Å². The summed E-state index contributed by atoms with van der Waals surface area (Å²) in [6.07, 6.45) is 2.96. The Bertz CT molecular complexity index is 477. The van der Waals surface area contributed by atoms with E-state index in [4.69, 9.17) is 5.73 Å². The van der Waals surface area contributed by atoms with Gasteiger partial charge in [-0.2, -0.15) is 0 Å². The maximum Gasteiger partial charge on any atom is 0.275 e. The third-order valence-electron chi connectivity index (χ3n) is 1.48. The molecule has 0 fully saturated rings. The SMILES string of the molecule is Nc1cnc(Nc2nccs2)[nH]c1=O. The summed E-state index contributed by atoms with van der Waals surface area (Å²) < 4.78 is 0. The van der Waals surface area contributed by atoms with E-state index in [-0.39, 0.29) is 11.2 Å². The highest BCUT2D eigenvalue weighted by Gasteiger charge is 2.00. The lowest BCUT2D eigenvalue weighted by atomic mass is 10.5. The van der Waals surface area contributed by atoms with Crippen LogP contribution >= 0.6 is 11.3 Å². The van der Waals surface area contributed by atoms with Gasteiger partial charge in [0.25, 0.3) is 5.56 Å². The fraction of sp³-hybridized carbons (Fsp3) is 0. The zero-order valence-corrected chi connectivity index (χ0v) is 7.84. The molecule has 0 radical (unpaired) electrons. The predicted molar refractivity (Wildman–Crippen MR) is 54.7 cm³/mol. The van der Waals surface area contributed by atoms with Gasteiger partial charge in [-0.3, -0.25) is 9.78 Å². The summed E-state index contributed by atoms with van der Waals surface area (Å²) in [5.41, 5.74) is 5.05. The van der Waals surface area contributed by atoms with Crippen LogP contribution in [-0.2, 0) is 0 Å². The fourth-order valence-corrected chi connectivity index (χ4v) is 1.38. The van der Waals surface area contributed by atoms with Crippen LogP contribution in [0.4, 0.5) is 16.8 Å². The average Bonchev–Trinajstić information content (AvgIpc) is 2.64. The number of nitrogens with one attached hydrogen (secondary N) is 2. The number of H-pyrrole nitrogens is 1. The van der Waals surface area contributed by atoms with Gasteiger partial charge in [-0.25, -0.2) is 9.97 Å². The third kappa shape index (κ3) is 1.72. The molecule has 0 bridgehead atoms. The molecule has 0 aliphatic carbocycles. The Labute approximate surface area is 82.8 Å². The van der Waals surface area contributed by atoms with Gasteiger partial charge >= 0.3 is 0 Å². The van der Waals surface area contributed by atoms with Crippen LogP contribution in [0.15, 0.2) is 22.6 Å². The molecule has 0 aliphatic rings. The number of aromatic amines is 1. The van der Waals surface area contributed by atoms with Crippen molar-refractivity contribution in [3.63, 3.8) is 0 Å². The van der Waals surface area contributed by atoms with Gasteiger partial charge in [0.15, 0.2) is 5.13 Å². The third-order valence-corrected chi connectivity index (χ3v) is 2.17. The molecule has 2 aromatic heterocycles. The van der Waals surface area contributed by atoms with Crippen molar-refractivity contribution in [2.45, 2.75) is 0 Å². The van der Waals surface area contributed by atoms with E-state index >= 15 is 0 Å². The quantitative estimate of drug-likeness (QED) is 0.671. The number of nitrogens with two attached hydrogens (primary N) is 1. The molecule has 0 spiro atoms. The highest BCUT2D eigenvalue weighted by Crippen LogP contribution is 2.13. The second kappa shape index (κ2) is 3.46. The highest BCUT2D eigenvalue weighted by molar-refractivity contribution is 7.13. The van der Waals surface area contributed by atoms with E-state index in [9.17, 15) is 4.79 Å². The molecule has 0 aromatic carbocycles. The van der Waals surface area contributed by atoms with E-state index in [1.54, 1.807) is 6.20 Å². The van der Waals surface area contributed by atoms with Crippen molar-refractivity contribution >= 4 is 28.1 Å². The zero-order valence-electron chi connectivity index (χ0n) is 7.02. The first-order chi connectivity index (χ1) is 6.75. The molecule has 6 nitrogen and oxygen atoms in total. The molecule has 0 aliphatic heterocycles. The number of rotatable bonds is 2. The molecule has 7 heteroatoms. The van der Waals surface area contributed by atoms with Crippen molar-refractivity contribution in [2.75, 3.05) is 11.1 Å². The van der Waals surface area contributed by atoms with Crippen LogP contribution in [0.2, 0.25) is 0 Å². The fourth-order valence-electron chi connectivity index (χ4n) is 0.855. The van der Waals surface area contributed by atoms with Crippen LogP contribution in [0.1, 0.15) is 0 Å². The van der Waals surface area contributed by atoms with E-state index in [2.05, 4.69) is 20.3 Å². The Kier molecular flexibility index (Phi) is 2.15. The first-order valence-corrected chi connectivity index (χ1v) is 4.65. The second-order valence-corrected chi connectivity index (χ2v) is 3.37. The summed E-state index contributed by atoms with van der Waals surface area (Å²) in [7, 11) is 0. The second-order valence-electron chi connectivity index (χ2n) is 2.48. The summed E-state index contributed by atoms with van der Waals surface area (Å²) in [5, 5.41) is 5.32. The number of thiazole rings is 1. The molecule has 0 unspecified atom stereocenters. The molecule has 72 valence electrons. The minimum Gasteiger partial charge on any atom is -0.393 e. The van der Waals surface area contributed by atoms with E-state index in [0.717, 1.165) is 0 Å². The minimum atomic E-state index is -0.362. The Morgan fingerprint density at radius 2 is 2.36 bits per heavy atom. The van der Waals surface area contributed by atoms with Gasteiger partial charge in [0, 0.05) is 11.6 Å².